The Morgan fingerprint density at radius 1 is 1.09 bits per heavy atom. The van der Waals surface area contributed by atoms with Gasteiger partial charge in [0.25, 0.3) is 0 Å². The van der Waals surface area contributed by atoms with E-state index in [4.69, 9.17) is 10.3 Å². The van der Waals surface area contributed by atoms with Gasteiger partial charge in [0.2, 0.25) is 11.7 Å². The third kappa shape index (κ3) is 3.01. The van der Waals surface area contributed by atoms with Crippen LogP contribution in [0, 0.1) is 6.92 Å². The molecule has 0 aliphatic carbocycles. The van der Waals surface area contributed by atoms with Gasteiger partial charge >= 0.3 is 0 Å². The molecule has 1 atom stereocenters. The van der Waals surface area contributed by atoms with Crippen molar-refractivity contribution in [1.82, 2.24) is 20.3 Å². The SMILES string of the molecule is Cc1ccc(-c2noc(C(C)(N)Cc3ccccc3)n2)nn1. The van der Waals surface area contributed by atoms with Crippen LogP contribution in [0.3, 0.4) is 0 Å². The van der Waals surface area contributed by atoms with Gasteiger partial charge in [-0.2, -0.15) is 10.1 Å². The lowest BCUT2D eigenvalue weighted by atomic mass is 9.94. The summed E-state index contributed by atoms with van der Waals surface area (Å²) in [6, 6.07) is 13.6. The third-order valence-corrected chi connectivity index (χ3v) is 3.36. The number of nitrogens with two attached hydrogens (primary N) is 1. The predicted molar refractivity (Wildman–Crippen MR) is 81.7 cm³/mol. The Kier molecular flexibility index (Phi) is 3.68. The highest BCUT2D eigenvalue weighted by Gasteiger charge is 2.29. The lowest BCUT2D eigenvalue weighted by molar-refractivity contribution is 0.296. The molecule has 3 aromatic rings. The maximum atomic E-state index is 6.35. The summed E-state index contributed by atoms with van der Waals surface area (Å²) in [5, 5.41) is 12.0. The summed E-state index contributed by atoms with van der Waals surface area (Å²) >= 11 is 0. The predicted octanol–water partition coefficient (Wildman–Crippen LogP) is 2.25. The molecule has 0 spiro atoms. The Balaban J connectivity index is 1.84. The maximum Gasteiger partial charge on any atom is 0.247 e. The number of rotatable bonds is 4. The molecule has 22 heavy (non-hydrogen) atoms. The van der Waals surface area contributed by atoms with Gasteiger partial charge in [0.05, 0.1) is 11.2 Å². The van der Waals surface area contributed by atoms with Crippen LogP contribution in [0.2, 0.25) is 0 Å². The molecular formula is C16H17N5O. The second-order valence-electron chi connectivity index (χ2n) is 5.56. The molecular weight excluding hydrogens is 278 g/mol. The van der Waals surface area contributed by atoms with Gasteiger partial charge in [-0.1, -0.05) is 35.5 Å². The van der Waals surface area contributed by atoms with Crippen LogP contribution < -0.4 is 5.73 Å². The largest absolute Gasteiger partial charge is 0.337 e. The van der Waals surface area contributed by atoms with Crippen molar-refractivity contribution in [3.8, 4) is 11.5 Å². The molecule has 0 bridgehead atoms. The van der Waals surface area contributed by atoms with Crippen LogP contribution in [-0.4, -0.2) is 20.3 Å². The van der Waals surface area contributed by atoms with E-state index in [0.29, 0.717) is 23.8 Å². The number of benzene rings is 1. The lowest BCUT2D eigenvalue weighted by Gasteiger charge is -2.19. The quantitative estimate of drug-likeness (QED) is 0.794. The molecule has 1 aromatic carbocycles. The topological polar surface area (TPSA) is 90.7 Å². The minimum atomic E-state index is -0.745. The Hall–Kier alpha value is -2.60. The fourth-order valence-electron chi connectivity index (χ4n) is 2.17. The molecule has 0 aliphatic heterocycles. The highest BCUT2D eigenvalue weighted by Crippen LogP contribution is 2.23. The fraction of sp³-hybridized carbons (Fsp3) is 0.250. The molecule has 0 saturated heterocycles. The van der Waals surface area contributed by atoms with Crippen LogP contribution in [0.4, 0.5) is 0 Å². The first-order chi connectivity index (χ1) is 10.5. The normalized spacial score (nSPS) is 13.8. The van der Waals surface area contributed by atoms with E-state index in [1.54, 1.807) is 0 Å². The molecule has 1 unspecified atom stereocenters. The van der Waals surface area contributed by atoms with E-state index in [1.807, 2.05) is 56.3 Å². The zero-order chi connectivity index (χ0) is 15.6. The minimum absolute atomic E-state index is 0.383. The number of aromatic nitrogens is 4. The molecule has 3 rings (SSSR count). The average molecular weight is 295 g/mol. The van der Waals surface area contributed by atoms with E-state index < -0.39 is 5.54 Å². The highest BCUT2D eigenvalue weighted by molar-refractivity contribution is 5.47. The first kappa shape index (κ1) is 14.3. The summed E-state index contributed by atoms with van der Waals surface area (Å²) in [6.07, 6.45) is 0.606. The molecule has 0 fully saturated rings. The van der Waals surface area contributed by atoms with Gasteiger partial charge in [0.1, 0.15) is 5.69 Å². The van der Waals surface area contributed by atoms with Crippen molar-refractivity contribution in [3.05, 3.63) is 59.6 Å². The zero-order valence-electron chi connectivity index (χ0n) is 12.5. The number of hydrogen-bond acceptors (Lipinski definition) is 6. The van der Waals surface area contributed by atoms with Gasteiger partial charge in [-0.3, -0.25) is 0 Å². The number of nitrogens with zero attached hydrogens (tertiary/aromatic N) is 4. The van der Waals surface area contributed by atoms with E-state index in [0.717, 1.165) is 11.3 Å². The Morgan fingerprint density at radius 3 is 2.55 bits per heavy atom. The van der Waals surface area contributed by atoms with Gasteiger partial charge in [-0.25, -0.2) is 0 Å². The van der Waals surface area contributed by atoms with Gasteiger partial charge in [-0.05, 0) is 38.0 Å². The van der Waals surface area contributed by atoms with Crippen molar-refractivity contribution in [1.29, 1.82) is 0 Å². The summed E-state index contributed by atoms with van der Waals surface area (Å²) in [4.78, 5) is 4.37. The second kappa shape index (κ2) is 5.65. The molecule has 0 radical (unpaired) electrons. The van der Waals surface area contributed by atoms with Gasteiger partial charge in [-0.15, -0.1) is 5.10 Å². The smallest absolute Gasteiger partial charge is 0.247 e. The Labute approximate surface area is 128 Å². The fourth-order valence-corrected chi connectivity index (χ4v) is 2.17. The second-order valence-corrected chi connectivity index (χ2v) is 5.56. The molecule has 2 heterocycles. The monoisotopic (exact) mass is 295 g/mol. The van der Waals surface area contributed by atoms with E-state index in [-0.39, 0.29) is 0 Å². The standard InChI is InChI=1S/C16H17N5O/c1-11-8-9-13(20-19-11)14-18-15(22-21-14)16(2,17)10-12-6-4-3-5-7-12/h3-9H,10,17H2,1-2H3. The zero-order valence-corrected chi connectivity index (χ0v) is 12.5. The molecule has 112 valence electrons. The maximum absolute atomic E-state index is 6.35. The van der Waals surface area contributed by atoms with E-state index in [1.165, 1.54) is 0 Å². The summed E-state index contributed by atoms with van der Waals surface area (Å²) < 4.78 is 5.33. The summed E-state index contributed by atoms with van der Waals surface area (Å²) in [7, 11) is 0. The van der Waals surface area contributed by atoms with Crippen LogP contribution in [0.5, 0.6) is 0 Å². The van der Waals surface area contributed by atoms with Gasteiger partial charge < -0.3 is 10.3 Å². The summed E-state index contributed by atoms with van der Waals surface area (Å²) in [5.41, 5.74) is 8.12. The number of hydrogen-bond donors (Lipinski definition) is 1. The van der Waals surface area contributed by atoms with E-state index >= 15 is 0 Å². The molecule has 0 aliphatic rings. The first-order valence-corrected chi connectivity index (χ1v) is 7.02. The van der Waals surface area contributed by atoms with Crippen molar-refractivity contribution >= 4 is 0 Å². The Morgan fingerprint density at radius 2 is 1.86 bits per heavy atom. The van der Waals surface area contributed by atoms with Gasteiger partial charge in [0, 0.05) is 0 Å². The van der Waals surface area contributed by atoms with Gasteiger partial charge in [0.15, 0.2) is 0 Å². The van der Waals surface area contributed by atoms with E-state index in [9.17, 15) is 0 Å². The third-order valence-electron chi connectivity index (χ3n) is 3.36. The first-order valence-electron chi connectivity index (χ1n) is 7.02. The highest BCUT2D eigenvalue weighted by atomic mass is 16.5. The summed E-state index contributed by atoms with van der Waals surface area (Å²) in [6.45, 7) is 3.74. The van der Waals surface area contributed by atoms with Crippen LogP contribution in [0.25, 0.3) is 11.5 Å². The van der Waals surface area contributed by atoms with Crippen LogP contribution >= 0.6 is 0 Å². The van der Waals surface area contributed by atoms with Crippen LogP contribution in [-0.2, 0) is 12.0 Å². The van der Waals surface area contributed by atoms with Crippen molar-refractivity contribution < 1.29 is 4.52 Å². The molecule has 2 aromatic heterocycles. The minimum Gasteiger partial charge on any atom is -0.337 e. The van der Waals surface area contributed by atoms with Crippen molar-refractivity contribution in [2.75, 3.05) is 0 Å². The number of aryl methyl sites for hydroxylation is 1. The van der Waals surface area contributed by atoms with E-state index in [2.05, 4.69) is 20.3 Å². The lowest BCUT2D eigenvalue weighted by Crippen LogP contribution is -2.35. The van der Waals surface area contributed by atoms with Crippen molar-refractivity contribution in [3.63, 3.8) is 0 Å². The Bertz CT molecular complexity index is 750. The molecule has 0 amide bonds. The van der Waals surface area contributed by atoms with Crippen LogP contribution in [0.1, 0.15) is 24.1 Å². The molecule has 6 nitrogen and oxygen atoms in total. The molecule has 6 heteroatoms. The summed E-state index contributed by atoms with van der Waals surface area (Å²) in [5.74, 6) is 0.779. The molecule has 2 N–H and O–H groups in total. The van der Waals surface area contributed by atoms with Crippen molar-refractivity contribution in [2.45, 2.75) is 25.8 Å². The van der Waals surface area contributed by atoms with Crippen LogP contribution in [0.15, 0.2) is 47.0 Å². The van der Waals surface area contributed by atoms with Crippen molar-refractivity contribution in [2.24, 2.45) is 5.73 Å². The molecule has 0 saturated carbocycles. The average Bonchev–Trinajstić information content (AvgIpc) is 2.99.